The molecule has 22 heteroatoms. The zero-order valence-electron chi connectivity index (χ0n) is 41.4. The van der Waals surface area contributed by atoms with Crippen LogP contribution in [0.4, 0.5) is 0 Å². The molecular weight excluding hydrogens is 915 g/mol. The largest absolute Gasteiger partial charge is 0.508 e. The summed E-state index contributed by atoms with van der Waals surface area (Å²) in [6.45, 7) is 14.0. The van der Waals surface area contributed by atoms with Crippen LogP contribution in [0.3, 0.4) is 0 Å². The molecular formula is C47H75N9O12S. The number of carboxylic acids is 1. The number of phenols is 1. The van der Waals surface area contributed by atoms with E-state index in [2.05, 4.69) is 44.2 Å². The number of nitrogens with two attached hydrogens (primary N) is 1. The summed E-state index contributed by atoms with van der Waals surface area (Å²) in [5.41, 5.74) is 6.15. The Balaban J connectivity index is -0.00000219. The minimum absolute atomic E-state index is 0.00794. The molecule has 2 rings (SSSR count). The molecule has 0 radical (unpaired) electrons. The molecule has 0 aliphatic carbocycles. The molecule has 0 aliphatic heterocycles. The van der Waals surface area contributed by atoms with Crippen LogP contribution in [-0.4, -0.2) is 164 Å². The van der Waals surface area contributed by atoms with E-state index in [4.69, 9.17) is 5.11 Å². The summed E-state index contributed by atoms with van der Waals surface area (Å²) >= 11 is 1.23. The van der Waals surface area contributed by atoms with Crippen molar-refractivity contribution in [2.24, 2.45) is 11.7 Å². The first-order valence-electron chi connectivity index (χ1n) is 22.1. The van der Waals surface area contributed by atoms with Gasteiger partial charge in [-0.15, -0.1) is 6.58 Å². The Bertz CT molecular complexity index is 1850. The maximum Gasteiger partial charge on any atom is 0.303 e. The van der Waals surface area contributed by atoms with Gasteiger partial charge in [0.15, 0.2) is 0 Å². The number of nitrogens with zero attached hydrogens (tertiary/aromatic N) is 2. The van der Waals surface area contributed by atoms with Gasteiger partial charge in [-0.3, -0.25) is 43.2 Å². The number of phenolic OH excluding ortho intramolecular Hbond substituents is 1. The van der Waals surface area contributed by atoms with Gasteiger partial charge in [0.25, 0.3) is 0 Å². The number of aliphatic carboxylic acids is 1. The van der Waals surface area contributed by atoms with Gasteiger partial charge in [-0.1, -0.05) is 83.2 Å². The van der Waals surface area contributed by atoms with Crippen molar-refractivity contribution in [3.05, 3.63) is 78.4 Å². The number of nitrogens with one attached hydrogen (secondary N) is 6. The highest BCUT2D eigenvalue weighted by atomic mass is 32.2. The number of carboxylic acid groups (broad SMARTS) is 1. The van der Waals surface area contributed by atoms with Crippen LogP contribution in [0.15, 0.2) is 67.3 Å². The monoisotopic (exact) mass is 990 g/mol. The zero-order chi connectivity index (χ0) is 53.3. The Kier molecular flexibility index (Phi) is 39.9. The molecule has 0 aliphatic rings. The molecule has 0 aromatic heterocycles. The van der Waals surface area contributed by atoms with Crippen molar-refractivity contribution in [1.82, 2.24) is 41.7 Å². The predicted octanol–water partition coefficient (Wildman–Crippen LogP) is 0.390. The predicted molar refractivity (Wildman–Crippen MR) is 267 cm³/mol. The number of benzene rings is 2. The van der Waals surface area contributed by atoms with Gasteiger partial charge in [0.2, 0.25) is 47.8 Å². The second kappa shape index (κ2) is 41.4. The van der Waals surface area contributed by atoms with Gasteiger partial charge < -0.3 is 62.4 Å². The molecule has 8 amide bonds. The summed E-state index contributed by atoms with van der Waals surface area (Å²) in [6, 6.07) is 12.8. The van der Waals surface area contributed by atoms with Crippen molar-refractivity contribution < 1.29 is 58.2 Å². The quantitative estimate of drug-likeness (QED) is 0.0350. The Morgan fingerprint density at radius 3 is 1.84 bits per heavy atom. The molecule has 69 heavy (non-hydrogen) atoms. The lowest BCUT2D eigenvalue weighted by atomic mass is 10.0. The summed E-state index contributed by atoms with van der Waals surface area (Å²) in [4.78, 5) is 119. The fraction of sp³-hybridized carbons (Fsp3) is 0.489. The number of hydrogen-bond acceptors (Lipinski definition) is 13. The van der Waals surface area contributed by atoms with Crippen molar-refractivity contribution in [1.29, 1.82) is 0 Å². The first kappa shape index (κ1) is 66.5. The third-order valence-electron chi connectivity index (χ3n) is 8.37. The molecule has 3 atom stereocenters. The van der Waals surface area contributed by atoms with E-state index in [0.717, 1.165) is 5.56 Å². The number of amides is 8. The number of allylic oxidation sites excluding steroid dienone is 1. The van der Waals surface area contributed by atoms with Gasteiger partial charge in [-0.05, 0) is 50.2 Å². The first-order valence-corrected chi connectivity index (χ1v) is 23.2. The molecule has 386 valence electrons. The Morgan fingerprint density at radius 1 is 0.797 bits per heavy atom. The van der Waals surface area contributed by atoms with Crippen LogP contribution in [0.2, 0.25) is 0 Å². The number of rotatable bonds is 26. The van der Waals surface area contributed by atoms with Crippen molar-refractivity contribution in [2.75, 3.05) is 65.4 Å². The van der Waals surface area contributed by atoms with Crippen LogP contribution < -0.4 is 37.6 Å². The molecule has 0 fully saturated rings. The number of thioether (sulfide) groups is 1. The minimum atomic E-state index is -0.986. The van der Waals surface area contributed by atoms with Crippen molar-refractivity contribution in [2.45, 2.75) is 78.9 Å². The second-order valence-electron chi connectivity index (χ2n) is 14.8. The van der Waals surface area contributed by atoms with Gasteiger partial charge in [-0.2, -0.15) is 11.8 Å². The Hall–Kier alpha value is -6.81. The minimum Gasteiger partial charge on any atom is -0.508 e. The fourth-order valence-electron chi connectivity index (χ4n) is 5.15. The summed E-state index contributed by atoms with van der Waals surface area (Å²) in [6.07, 6.45) is 3.28. The van der Waals surface area contributed by atoms with Crippen molar-refractivity contribution in [3.8, 4) is 5.75 Å². The van der Waals surface area contributed by atoms with E-state index in [1.807, 2.05) is 51.1 Å². The average Bonchev–Trinajstić information content (AvgIpc) is 3.31. The third kappa shape index (κ3) is 35.1. The maximum atomic E-state index is 14.0. The van der Waals surface area contributed by atoms with E-state index in [-0.39, 0.29) is 75.3 Å². The standard InChI is InChI=1S/C36H51N7O8S.C3H6N2O2.C3H6O2.C3H6.C2H6/c1-24(2)33(35(50)37-15-17-44)41-30(46)21-39-32(48)23-52-18-16-38-34(49)29(20-25-9-7-6-8-10-25)43(5)36(51)28(40-31(47)22-42(3)4)19-26-11-13-27(45)14-12-26;4-3(7)1-5-2-6;1-2-3(4)5;1-3-2;1-2/h6-14,17,24,28-29,33,45H,15-16,18-23H2,1-5H3,(H,37,50)(H,38,49)(H,39,48)(H,40,47)(H,41,46);2H,1H2,(H2,4,7)(H,5,6);2H2,1H3,(H,4,5);3H,1H2,2H3;1-2H3/t28-,29?,33?;;;;/m0..../s1. The number of hydrogen-bond donors (Lipinski definition) is 9. The van der Waals surface area contributed by atoms with Gasteiger partial charge in [0.1, 0.15) is 30.2 Å². The van der Waals surface area contributed by atoms with Crippen molar-refractivity contribution in [3.63, 3.8) is 0 Å². The zero-order valence-corrected chi connectivity index (χ0v) is 42.2. The van der Waals surface area contributed by atoms with Gasteiger partial charge in [0, 0.05) is 38.6 Å². The topological polar surface area (TPSA) is 316 Å². The lowest BCUT2D eigenvalue weighted by Gasteiger charge is -2.31. The van der Waals surface area contributed by atoms with E-state index >= 15 is 0 Å². The number of aromatic hydroxyl groups is 1. The second-order valence-corrected chi connectivity index (χ2v) is 15.9. The summed E-state index contributed by atoms with van der Waals surface area (Å²) in [7, 11) is 4.99. The Morgan fingerprint density at radius 2 is 1.36 bits per heavy atom. The van der Waals surface area contributed by atoms with E-state index in [1.54, 1.807) is 58.0 Å². The molecule has 2 aromatic rings. The molecule has 0 heterocycles. The number of carbonyl (C=O) groups is 10. The molecule has 0 saturated heterocycles. The first-order chi connectivity index (χ1) is 32.7. The Labute approximate surface area is 410 Å². The number of likely N-dealkylation sites (N-methyl/N-ethyl adjacent to an activating group) is 2. The van der Waals surface area contributed by atoms with E-state index in [1.165, 1.54) is 35.8 Å². The van der Waals surface area contributed by atoms with Gasteiger partial charge in [-0.25, -0.2) is 0 Å². The fourth-order valence-corrected chi connectivity index (χ4v) is 5.83. The highest BCUT2D eigenvalue weighted by molar-refractivity contribution is 7.99. The van der Waals surface area contributed by atoms with E-state index < -0.39 is 59.5 Å². The third-order valence-corrected chi connectivity index (χ3v) is 9.33. The summed E-state index contributed by atoms with van der Waals surface area (Å²) < 4.78 is 0. The van der Waals surface area contributed by atoms with Crippen LogP contribution in [0.1, 0.15) is 59.1 Å². The summed E-state index contributed by atoms with van der Waals surface area (Å²) in [5.74, 6) is -3.81. The van der Waals surface area contributed by atoms with Crippen LogP contribution in [0.5, 0.6) is 5.75 Å². The lowest BCUT2D eigenvalue weighted by molar-refractivity contribution is -0.141. The van der Waals surface area contributed by atoms with Gasteiger partial charge >= 0.3 is 5.97 Å². The maximum absolute atomic E-state index is 14.0. The smallest absolute Gasteiger partial charge is 0.303 e. The van der Waals surface area contributed by atoms with Crippen LogP contribution in [0, 0.1) is 5.92 Å². The molecule has 21 nitrogen and oxygen atoms in total. The summed E-state index contributed by atoms with van der Waals surface area (Å²) in [5, 5.41) is 32.6. The van der Waals surface area contributed by atoms with Gasteiger partial charge in [0.05, 0.1) is 31.9 Å². The number of aldehydes is 1. The highest BCUT2D eigenvalue weighted by Gasteiger charge is 2.32. The molecule has 2 unspecified atom stereocenters. The van der Waals surface area contributed by atoms with Crippen LogP contribution in [-0.2, 0) is 60.8 Å². The molecule has 0 saturated carbocycles. The van der Waals surface area contributed by atoms with Crippen LogP contribution >= 0.6 is 11.8 Å². The molecule has 2 aromatic carbocycles. The highest BCUT2D eigenvalue weighted by Crippen LogP contribution is 2.15. The average molecular weight is 990 g/mol. The van der Waals surface area contributed by atoms with Crippen molar-refractivity contribution >= 4 is 71.8 Å². The molecule has 0 spiro atoms. The molecule has 0 bridgehead atoms. The number of primary amides is 1. The van der Waals surface area contributed by atoms with E-state index in [9.17, 15) is 53.1 Å². The normalized spacial score (nSPS) is 11.1. The number of carbonyl (C=O) groups excluding carboxylic acids is 9. The van der Waals surface area contributed by atoms with E-state index in [0.29, 0.717) is 24.0 Å². The van der Waals surface area contributed by atoms with Crippen LogP contribution in [0.25, 0.3) is 0 Å². The SMILES string of the molecule is C=CC.CC.CC(C)C(NC(=O)CNC(=O)CSCCNC(=O)C(Cc1ccccc1)N(C)C(=O)[C@H](Cc1ccc(O)cc1)NC(=O)CN(C)C)C(=O)NCC=O.CCC(=O)O.NC(=O)CNC=O. The molecule has 10 N–H and O–H groups in total. The lowest BCUT2D eigenvalue weighted by Crippen LogP contribution is -2.56.